The van der Waals surface area contributed by atoms with Crippen molar-refractivity contribution in [2.45, 2.75) is 25.3 Å². The molecular formula is C5H11BO3. The van der Waals surface area contributed by atoms with Gasteiger partial charge >= 0.3 is 7.12 Å². The predicted octanol–water partition coefficient (Wildman–Crippen LogP) is -0.362. The molecule has 4 heteroatoms. The first-order valence-corrected chi connectivity index (χ1v) is 3.27. The maximum Gasteiger partial charge on any atom is 0.454 e. The van der Waals surface area contributed by atoms with Gasteiger partial charge in [-0.15, -0.1) is 0 Å². The zero-order valence-corrected chi connectivity index (χ0v) is 5.29. The number of rotatable bonds is 2. The number of ether oxygens (including phenoxy) is 1. The van der Waals surface area contributed by atoms with Gasteiger partial charge in [0.2, 0.25) is 0 Å². The van der Waals surface area contributed by atoms with Crippen LogP contribution in [0.15, 0.2) is 0 Å². The van der Waals surface area contributed by atoms with Crippen LogP contribution in [0.2, 0.25) is 6.32 Å². The Balaban J connectivity index is 2.11. The molecule has 1 aliphatic heterocycles. The van der Waals surface area contributed by atoms with Crippen LogP contribution in [0.5, 0.6) is 0 Å². The fourth-order valence-electron chi connectivity index (χ4n) is 1.07. The molecule has 2 N–H and O–H groups in total. The molecule has 0 aliphatic carbocycles. The van der Waals surface area contributed by atoms with E-state index >= 15 is 0 Å². The largest absolute Gasteiger partial charge is 0.454 e. The Hall–Kier alpha value is -0.0551. The van der Waals surface area contributed by atoms with E-state index in [0.717, 1.165) is 19.4 Å². The molecule has 0 aromatic rings. The van der Waals surface area contributed by atoms with Crippen molar-refractivity contribution in [1.82, 2.24) is 0 Å². The lowest BCUT2D eigenvalue weighted by Gasteiger charge is -2.06. The number of hydrogen-bond acceptors (Lipinski definition) is 3. The van der Waals surface area contributed by atoms with Crippen LogP contribution in [0.4, 0.5) is 0 Å². The predicted molar refractivity (Wildman–Crippen MR) is 34.0 cm³/mol. The molecule has 1 fully saturated rings. The van der Waals surface area contributed by atoms with Gasteiger partial charge in [0.1, 0.15) is 0 Å². The van der Waals surface area contributed by atoms with E-state index in [1.165, 1.54) is 0 Å². The average molecular weight is 130 g/mol. The molecule has 1 unspecified atom stereocenters. The van der Waals surface area contributed by atoms with E-state index in [0.29, 0.717) is 6.32 Å². The summed E-state index contributed by atoms with van der Waals surface area (Å²) in [5.41, 5.74) is 0. The molecule has 0 saturated carbocycles. The molecule has 1 atom stereocenters. The fourth-order valence-corrected chi connectivity index (χ4v) is 1.07. The summed E-state index contributed by atoms with van der Waals surface area (Å²) in [7, 11) is -1.20. The molecule has 3 nitrogen and oxygen atoms in total. The Labute approximate surface area is 54.8 Å². The summed E-state index contributed by atoms with van der Waals surface area (Å²) in [5, 5.41) is 17.0. The minimum atomic E-state index is -1.20. The third-order valence-electron chi connectivity index (χ3n) is 1.50. The summed E-state index contributed by atoms with van der Waals surface area (Å²) < 4.78 is 5.14. The topological polar surface area (TPSA) is 49.7 Å². The highest BCUT2D eigenvalue weighted by Crippen LogP contribution is 2.15. The van der Waals surface area contributed by atoms with Crippen molar-refractivity contribution in [3.63, 3.8) is 0 Å². The summed E-state index contributed by atoms with van der Waals surface area (Å²) >= 11 is 0. The maximum absolute atomic E-state index is 8.49. The van der Waals surface area contributed by atoms with Crippen LogP contribution in [0.25, 0.3) is 0 Å². The SMILES string of the molecule is OB(O)CC1CCCO1. The van der Waals surface area contributed by atoms with Gasteiger partial charge in [0.05, 0.1) is 6.10 Å². The van der Waals surface area contributed by atoms with Crippen LogP contribution >= 0.6 is 0 Å². The van der Waals surface area contributed by atoms with Crippen LogP contribution in [-0.4, -0.2) is 29.9 Å². The lowest BCUT2D eigenvalue weighted by molar-refractivity contribution is 0.119. The zero-order chi connectivity index (χ0) is 6.69. The lowest BCUT2D eigenvalue weighted by atomic mass is 9.82. The van der Waals surface area contributed by atoms with E-state index in [1.807, 2.05) is 0 Å². The molecule has 0 bridgehead atoms. The van der Waals surface area contributed by atoms with Crippen LogP contribution in [0.3, 0.4) is 0 Å². The Morgan fingerprint density at radius 2 is 2.33 bits per heavy atom. The van der Waals surface area contributed by atoms with Crippen molar-refractivity contribution in [2.75, 3.05) is 6.61 Å². The molecule has 1 aliphatic rings. The van der Waals surface area contributed by atoms with Crippen LogP contribution in [0.1, 0.15) is 12.8 Å². The van der Waals surface area contributed by atoms with Gasteiger partial charge < -0.3 is 14.8 Å². The molecule has 0 aromatic carbocycles. The second-order valence-corrected chi connectivity index (χ2v) is 2.35. The Morgan fingerprint density at radius 1 is 1.56 bits per heavy atom. The van der Waals surface area contributed by atoms with Crippen molar-refractivity contribution >= 4 is 7.12 Å². The fraction of sp³-hybridized carbons (Fsp3) is 1.00. The van der Waals surface area contributed by atoms with Crippen molar-refractivity contribution in [2.24, 2.45) is 0 Å². The average Bonchev–Trinajstić information content (AvgIpc) is 2.15. The minimum Gasteiger partial charge on any atom is -0.427 e. The molecule has 9 heavy (non-hydrogen) atoms. The van der Waals surface area contributed by atoms with Gasteiger partial charge in [0.25, 0.3) is 0 Å². The van der Waals surface area contributed by atoms with E-state index in [1.54, 1.807) is 0 Å². The smallest absolute Gasteiger partial charge is 0.427 e. The summed E-state index contributed by atoms with van der Waals surface area (Å²) in [6, 6.07) is 0. The molecule has 1 rings (SSSR count). The van der Waals surface area contributed by atoms with E-state index < -0.39 is 7.12 Å². The summed E-state index contributed by atoms with van der Waals surface area (Å²) in [6.45, 7) is 0.775. The Kier molecular flexibility index (Phi) is 2.51. The van der Waals surface area contributed by atoms with Gasteiger partial charge in [-0.25, -0.2) is 0 Å². The minimum absolute atomic E-state index is 0.0880. The summed E-state index contributed by atoms with van der Waals surface area (Å²) in [6.07, 6.45) is 2.47. The Morgan fingerprint density at radius 3 is 2.78 bits per heavy atom. The normalized spacial score (nSPS) is 26.7. The molecule has 0 amide bonds. The van der Waals surface area contributed by atoms with Crippen LogP contribution < -0.4 is 0 Å². The van der Waals surface area contributed by atoms with Crippen molar-refractivity contribution in [3.05, 3.63) is 0 Å². The zero-order valence-electron chi connectivity index (χ0n) is 5.29. The highest BCUT2D eigenvalue weighted by Gasteiger charge is 2.20. The molecule has 52 valence electrons. The first-order valence-electron chi connectivity index (χ1n) is 3.27. The standard InChI is InChI=1S/C5H11BO3/c7-6(8)4-5-2-1-3-9-5/h5,7-8H,1-4H2. The van der Waals surface area contributed by atoms with Gasteiger partial charge in [-0.2, -0.15) is 0 Å². The summed E-state index contributed by atoms with van der Waals surface area (Å²) in [5.74, 6) is 0. The van der Waals surface area contributed by atoms with Gasteiger partial charge in [0, 0.05) is 12.9 Å². The Bertz CT molecular complexity index is 80.3. The second kappa shape index (κ2) is 3.20. The van der Waals surface area contributed by atoms with Crippen molar-refractivity contribution in [1.29, 1.82) is 0 Å². The summed E-state index contributed by atoms with van der Waals surface area (Å²) in [4.78, 5) is 0. The van der Waals surface area contributed by atoms with Crippen LogP contribution in [0, 0.1) is 0 Å². The molecule has 1 saturated heterocycles. The third kappa shape index (κ3) is 2.34. The van der Waals surface area contributed by atoms with E-state index in [-0.39, 0.29) is 6.10 Å². The molecular weight excluding hydrogens is 119 g/mol. The first kappa shape index (κ1) is 7.06. The molecule has 0 aromatic heterocycles. The van der Waals surface area contributed by atoms with E-state index in [9.17, 15) is 0 Å². The second-order valence-electron chi connectivity index (χ2n) is 2.35. The molecule has 1 heterocycles. The van der Waals surface area contributed by atoms with Gasteiger partial charge in [-0.05, 0) is 12.8 Å². The van der Waals surface area contributed by atoms with E-state index in [2.05, 4.69) is 0 Å². The molecule has 0 radical (unpaired) electrons. The maximum atomic E-state index is 8.49. The highest BCUT2D eigenvalue weighted by atomic mass is 16.5. The quantitative estimate of drug-likeness (QED) is 0.501. The van der Waals surface area contributed by atoms with Gasteiger partial charge in [-0.3, -0.25) is 0 Å². The van der Waals surface area contributed by atoms with Gasteiger partial charge in [-0.1, -0.05) is 0 Å². The third-order valence-corrected chi connectivity index (χ3v) is 1.50. The lowest BCUT2D eigenvalue weighted by Crippen LogP contribution is -2.19. The van der Waals surface area contributed by atoms with Crippen molar-refractivity contribution < 1.29 is 14.8 Å². The first-order chi connectivity index (χ1) is 4.29. The monoisotopic (exact) mass is 130 g/mol. The van der Waals surface area contributed by atoms with Crippen molar-refractivity contribution in [3.8, 4) is 0 Å². The number of hydrogen-bond donors (Lipinski definition) is 2. The van der Waals surface area contributed by atoms with Crippen LogP contribution in [-0.2, 0) is 4.74 Å². The van der Waals surface area contributed by atoms with Gasteiger partial charge in [0.15, 0.2) is 0 Å². The highest BCUT2D eigenvalue weighted by molar-refractivity contribution is 6.41. The molecule has 0 spiro atoms. The van der Waals surface area contributed by atoms with E-state index in [4.69, 9.17) is 14.8 Å².